The Balaban J connectivity index is 1.77. The van der Waals surface area contributed by atoms with Crippen LogP contribution in [0.1, 0.15) is 11.6 Å². The van der Waals surface area contributed by atoms with Crippen LogP contribution in [0.4, 0.5) is 16.2 Å². The van der Waals surface area contributed by atoms with Crippen molar-refractivity contribution in [3.63, 3.8) is 0 Å². The first-order valence-corrected chi connectivity index (χ1v) is 7.36. The molecule has 3 rings (SSSR count). The summed E-state index contributed by atoms with van der Waals surface area (Å²) in [5.41, 5.74) is 8.12. The maximum Gasteiger partial charge on any atom is 0.316 e. The molecule has 0 aliphatic carbocycles. The third-order valence-electron chi connectivity index (χ3n) is 3.17. The van der Waals surface area contributed by atoms with Crippen molar-refractivity contribution in [2.45, 2.75) is 10.9 Å². The SMILES string of the molecule is NC(=O)Nc1cccc(NC2CSc3ccccc32)c1. The molecule has 2 amide bonds. The third-order valence-corrected chi connectivity index (χ3v) is 4.35. The maximum absolute atomic E-state index is 10.9. The first kappa shape index (κ1) is 12.9. The number of hydrogen-bond donors (Lipinski definition) is 3. The lowest BCUT2D eigenvalue weighted by Gasteiger charge is -2.15. The Bertz CT molecular complexity index is 645. The average Bonchev–Trinajstić information content (AvgIpc) is 2.82. The summed E-state index contributed by atoms with van der Waals surface area (Å²) < 4.78 is 0. The molecule has 4 N–H and O–H groups in total. The maximum atomic E-state index is 10.9. The van der Waals surface area contributed by atoms with Crippen molar-refractivity contribution in [1.29, 1.82) is 0 Å². The number of rotatable bonds is 3. The van der Waals surface area contributed by atoms with Crippen molar-refractivity contribution in [2.75, 3.05) is 16.4 Å². The van der Waals surface area contributed by atoms with Crippen molar-refractivity contribution in [2.24, 2.45) is 5.73 Å². The lowest BCUT2D eigenvalue weighted by molar-refractivity contribution is 0.259. The van der Waals surface area contributed by atoms with E-state index in [1.165, 1.54) is 10.5 Å². The highest BCUT2D eigenvalue weighted by atomic mass is 32.2. The fraction of sp³-hybridized carbons (Fsp3) is 0.133. The van der Waals surface area contributed by atoms with Gasteiger partial charge in [0.25, 0.3) is 0 Å². The second-order valence-corrected chi connectivity index (χ2v) is 5.68. The van der Waals surface area contributed by atoms with Crippen LogP contribution in [-0.4, -0.2) is 11.8 Å². The molecule has 1 atom stereocenters. The summed E-state index contributed by atoms with van der Waals surface area (Å²) in [6, 6.07) is 15.7. The Kier molecular flexibility index (Phi) is 3.52. The molecule has 0 bridgehead atoms. The number of anilines is 2. The van der Waals surface area contributed by atoms with Gasteiger partial charge in [-0.15, -0.1) is 11.8 Å². The molecule has 0 saturated carbocycles. The van der Waals surface area contributed by atoms with Gasteiger partial charge in [0.1, 0.15) is 0 Å². The lowest BCUT2D eigenvalue weighted by atomic mass is 10.1. The Labute approximate surface area is 121 Å². The molecule has 0 saturated heterocycles. The van der Waals surface area contributed by atoms with Crippen LogP contribution >= 0.6 is 11.8 Å². The predicted octanol–water partition coefficient (Wildman–Crippen LogP) is 3.44. The highest BCUT2D eigenvalue weighted by Gasteiger charge is 2.22. The Morgan fingerprint density at radius 3 is 2.80 bits per heavy atom. The number of carbonyl (C=O) groups is 1. The first-order valence-electron chi connectivity index (χ1n) is 6.37. The Morgan fingerprint density at radius 2 is 1.95 bits per heavy atom. The molecule has 5 heteroatoms. The van der Waals surface area contributed by atoms with E-state index >= 15 is 0 Å². The van der Waals surface area contributed by atoms with Crippen molar-refractivity contribution >= 4 is 29.2 Å². The molecule has 1 heterocycles. The molecule has 0 spiro atoms. The summed E-state index contributed by atoms with van der Waals surface area (Å²) in [7, 11) is 0. The quantitative estimate of drug-likeness (QED) is 0.809. The van der Waals surface area contributed by atoms with Crippen molar-refractivity contribution in [3.05, 3.63) is 54.1 Å². The molecule has 20 heavy (non-hydrogen) atoms. The third kappa shape index (κ3) is 2.72. The fourth-order valence-corrected chi connectivity index (χ4v) is 3.47. The van der Waals surface area contributed by atoms with Gasteiger partial charge in [0, 0.05) is 22.0 Å². The smallest absolute Gasteiger partial charge is 0.316 e. The molecule has 2 aromatic carbocycles. The van der Waals surface area contributed by atoms with Gasteiger partial charge in [-0.3, -0.25) is 0 Å². The molecule has 2 aromatic rings. The highest BCUT2D eigenvalue weighted by molar-refractivity contribution is 7.99. The molecule has 0 aromatic heterocycles. The van der Waals surface area contributed by atoms with Crippen molar-refractivity contribution in [1.82, 2.24) is 0 Å². The number of fused-ring (bicyclic) bond motifs is 1. The molecule has 4 nitrogen and oxygen atoms in total. The molecule has 0 radical (unpaired) electrons. The predicted molar refractivity (Wildman–Crippen MR) is 83.2 cm³/mol. The number of nitrogens with two attached hydrogens (primary N) is 1. The molecule has 102 valence electrons. The van der Waals surface area contributed by atoms with Gasteiger partial charge in [-0.2, -0.15) is 0 Å². The summed E-state index contributed by atoms with van der Waals surface area (Å²) in [5, 5.41) is 6.08. The van der Waals surface area contributed by atoms with Crippen LogP contribution in [0.25, 0.3) is 0 Å². The van der Waals surface area contributed by atoms with Gasteiger partial charge in [-0.1, -0.05) is 24.3 Å². The van der Waals surface area contributed by atoms with E-state index in [-0.39, 0.29) is 0 Å². The second-order valence-electron chi connectivity index (χ2n) is 4.62. The van der Waals surface area contributed by atoms with Gasteiger partial charge in [0.15, 0.2) is 0 Å². The largest absolute Gasteiger partial charge is 0.377 e. The zero-order chi connectivity index (χ0) is 13.9. The van der Waals surface area contributed by atoms with E-state index in [0.717, 1.165) is 11.4 Å². The van der Waals surface area contributed by atoms with E-state index in [0.29, 0.717) is 11.7 Å². The van der Waals surface area contributed by atoms with E-state index in [1.54, 1.807) is 0 Å². The topological polar surface area (TPSA) is 67.2 Å². The molecule has 1 unspecified atom stereocenters. The van der Waals surface area contributed by atoms with Crippen LogP contribution in [0.15, 0.2) is 53.4 Å². The zero-order valence-electron chi connectivity index (χ0n) is 10.8. The van der Waals surface area contributed by atoms with E-state index < -0.39 is 6.03 Å². The van der Waals surface area contributed by atoms with Gasteiger partial charge in [0.2, 0.25) is 0 Å². The number of nitrogens with one attached hydrogen (secondary N) is 2. The van der Waals surface area contributed by atoms with Gasteiger partial charge < -0.3 is 16.4 Å². The van der Waals surface area contributed by atoms with Crippen LogP contribution in [0.5, 0.6) is 0 Å². The molecular weight excluding hydrogens is 270 g/mol. The van der Waals surface area contributed by atoms with Gasteiger partial charge in [-0.25, -0.2) is 4.79 Å². The number of benzene rings is 2. The van der Waals surface area contributed by atoms with Gasteiger partial charge >= 0.3 is 6.03 Å². The number of thioether (sulfide) groups is 1. The van der Waals surface area contributed by atoms with Gasteiger partial charge in [0.05, 0.1) is 6.04 Å². The summed E-state index contributed by atoms with van der Waals surface area (Å²) in [6.07, 6.45) is 0. The van der Waals surface area contributed by atoms with E-state index in [4.69, 9.17) is 5.73 Å². The van der Waals surface area contributed by atoms with E-state index in [2.05, 4.69) is 34.9 Å². The second kappa shape index (κ2) is 5.46. The summed E-state index contributed by atoms with van der Waals surface area (Å²) in [6.45, 7) is 0. The molecule has 0 fully saturated rings. The molecular formula is C15H15N3OS. The standard InChI is InChI=1S/C15H15N3OS/c16-15(19)18-11-5-3-4-10(8-11)17-13-9-20-14-7-2-1-6-12(13)14/h1-8,13,17H,9H2,(H3,16,18,19). The minimum Gasteiger partial charge on any atom is -0.377 e. The van der Waals surface area contributed by atoms with E-state index in [9.17, 15) is 4.79 Å². The summed E-state index contributed by atoms with van der Waals surface area (Å²) in [4.78, 5) is 12.2. The normalized spacial score (nSPS) is 16.5. The van der Waals surface area contributed by atoms with Crippen LogP contribution in [0.3, 0.4) is 0 Å². The number of carbonyl (C=O) groups excluding carboxylic acids is 1. The van der Waals surface area contributed by atoms with Crippen LogP contribution in [0, 0.1) is 0 Å². The number of amides is 2. The van der Waals surface area contributed by atoms with Crippen molar-refractivity contribution < 1.29 is 4.79 Å². The Hall–Kier alpha value is -2.14. The highest BCUT2D eigenvalue weighted by Crippen LogP contribution is 2.39. The summed E-state index contributed by atoms with van der Waals surface area (Å²) >= 11 is 1.86. The molecule has 1 aliphatic heterocycles. The van der Waals surface area contributed by atoms with Crippen molar-refractivity contribution in [3.8, 4) is 0 Å². The molecule has 1 aliphatic rings. The minimum atomic E-state index is -0.552. The van der Waals surface area contributed by atoms with Gasteiger partial charge in [-0.05, 0) is 29.8 Å². The fourth-order valence-electron chi connectivity index (χ4n) is 2.31. The lowest BCUT2D eigenvalue weighted by Crippen LogP contribution is -2.19. The summed E-state index contributed by atoms with van der Waals surface area (Å²) in [5.74, 6) is 1.01. The Morgan fingerprint density at radius 1 is 1.15 bits per heavy atom. The number of hydrogen-bond acceptors (Lipinski definition) is 3. The first-order chi connectivity index (χ1) is 9.72. The average molecular weight is 285 g/mol. The number of urea groups is 1. The zero-order valence-corrected chi connectivity index (χ0v) is 11.6. The monoisotopic (exact) mass is 285 g/mol. The van der Waals surface area contributed by atoms with Crippen LogP contribution < -0.4 is 16.4 Å². The van der Waals surface area contributed by atoms with Crippen LogP contribution in [0.2, 0.25) is 0 Å². The minimum absolute atomic E-state index is 0.292. The number of primary amides is 1. The van der Waals surface area contributed by atoms with E-state index in [1.807, 2.05) is 36.0 Å². The van der Waals surface area contributed by atoms with Crippen LogP contribution in [-0.2, 0) is 0 Å².